The number of amides is 1. The van der Waals surface area contributed by atoms with E-state index in [4.69, 9.17) is 21.1 Å². The molecule has 0 saturated heterocycles. The van der Waals surface area contributed by atoms with Crippen molar-refractivity contribution in [2.75, 3.05) is 18.5 Å². The number of hydrogen-bond donors (Lipinski definition) is 1. The van der Waals surface area contributed by atoms with Crippen molar-refractivity contribution in [2.45, 2.75) is 17.2 Å². The number of ether oxygens (including phenoxy) is 2. The van der Waals surface area contributed by atoms with Gasteiger partial charge in [-0.05, 0) is 35.9 Å². The monoisotopic (exact) mass is 496 g/mol. The number of carbonyl (C=O) groups excluding carboxylic acids is 1. The normalized spacial score (nSPS) is 13.1. The highest BCUT2D eigenvalue weighted by Gasteiger charge is 2.22. The molecule has 4 aromatic rings. The molecule has 0 spiro atoms. The van der Waals surface area contributed by atoms with Gasteiger partial charge in [0.1, 0.15) is 19.8 Å². The first-order valence-electron chi connectivity index (χ1n) is 10.6. The topological polar surface area (TPSA) is 86.6 Å². The maximum Gasteiger partial charge on any atom is 0.244 e. The van der Waals surface area contributed by atoms with E-state index in [1.165, 1.54) is 6.20 Å². The van der Waals surface area contributed by atoms with E-state index >= 15 is 0 Å². The van der Waals surface area contributed by atoms with Crippen molar-refractivity contribution in [1.82, 2.24) is 4.57 Å². The molecule has 174 valence electrons. The Balaban J connectivity index is 1.40. The molecule has 2 heterocycles. The average Bonchev–Trinajstić information content (AvgIpc) is 3.20. The summed E-state index contributed by atoms with van der Waals surface area (Å²) >= 11 is 5.92. The number of carbonyl (C=O) groups is 1. The lowest BCUT2D eigenvalue weighted by atomic mass is 10.2. The number of benzene rings is 3. The predicted octanol–water partition coefficient (Wildman–Crippen LogP) is 4.68. The summed E-state index contributed by atoms with van der Waals surface area (Å²) in [5, 5.41) is 3.96. The number of anilines is 1. The summed E-state index contributed by atoms with van der Waals surface area (Å²) < 4.78 is 39.2. The maximum absolute atomic E-state index is 13.3. The van der Waals surface area contributed by atoms with E-state index in [1.54, 1.807) is 65.2 Å². The van der Waals surface area contributed by atoms with Crippen LogP contribution in [0.2, 0.25) is 5.02 Å². The first-order chi connectivity index (χ1) is 16.4. The van der Waals surface area contributed by atoms with Crippen LogP contribution >= 0.6 is 11.6 Å². The molecule has 1 aliphatic heterocycles. The van der Waals surface area contributed by atoms with Crippen molar-refractivity contribution >= 4 is 43.9 Å². The molecule has 3 aromatic carbocycles. The number of rotatable bonds is 6. The van der Waals surface area contributed by atoms with Crippen LogP contribution in [0.25, 0.3) is 10.9 Å². The fourth-order valence-corrected chi connectivity index (χ4v) is 5.65. The van der Waals surface area contributed by atoms with Gasteiger partial charge >= 0.3 is 0 Å². The molecule has 0 saturated carbocycles. The fourth-order valence-electron chi connectivity index (χ4n) is 3.95. The van der Waals surface area contributed by atoms with Crippen molar-refractivity contribution in [3.8, 4) is 11.5 Å². The lowest BCUT2D eigenvalue weighted by molar-refractivity contribution is -0.116. The average molecular weight is 497 g/mol. The number of sulfone groups is 1. The van der Waals surface area contributed by atoms with Crippen molar-refractivity contribution in [3.63, 3.8) is 0 Å². The summed E-state index contributed by atoms with van der Waals surface area (Å²) in [6, 6.07) is 19.1. The van der Waals surface area contributed by atoms with Gasteiger partial charge < -0.3 is 19.4 Å². The Bertz CT molecular complexity index is 1480. The summed E-state index contributed by atoms with van der Waals surface area (Å²) in [5.41, 5.74) is 1.87. The lowest BCUT2D eigenvalue weighted by Gasteiger charge is -2.19. The van der Waals surface area contributed by atoms with E-state index in [-0.39, 0.29) is 23.1 Å². The zero-order valence-corrected chi connectivity index (χ0v) is 19.6. The van der Waals surface area contributed by atoms with Crippen molar-refractivity contribution in [1.29, 1.82) is 0 Å². The Hall–Kier alpha value is -3.49. The summed E-state index contributed by atoms with van der Waals surface area (Å²) in [6.07, 6.45) is 1.53. The standard InChI is InChI=1S/C25H21ClN2O5S/c26-18-7-5-17(6-8-18)16-34(30,31)24-14-28(21-4-2-1-3-20(21)24)15-25(29)27-19-9-10-22-23(13-19)33-12-11-32-22/h1-10,13-14H,11-12,15-16H2,(H,27,29). The number of aromatic nitrogens is 1. The van der Waals surface area contributed by atoms with E-state index in [0.717, 1.165) is 0 Å². The van der Waals surface area contributed by atoms with Crippen LogP contribution in [-0.4, -0.2) is 32.1 Å². The lowest BCUT2D eigenvalue weighted by Crippen LogP contribution is -2.19. The van der Waals surface area contributed by atoms with Crippen LogP contribution in [0.15, 0.2) is 77.8 Å². The van der Waals surface area contributed by atoms with Crippen molar-refractivity contribution in [2.24, 2.45) is 0 Å². The summed E-state index contributed by atoms with van der Waals surface area (Å²) in [7, 11) is -3.66. The maximum atomic E-state index is 13.3. The van der Waals surface area contributed by atoms with Gasteiger partial charge in [0, 0.05) is 33.9 Å². The first kappa shape index (κ1) is 22.3. The van der Waals surface area contributed by atoms with Gasteiger partial charge in [-0.3, -0.25) is 4.79 Å². The SMILES string of the molecule is O=C(Cn1cc(S(=O)(=O)Cc2ccc(Cl)cc2)c2ccccc21)Nc1ccc2c(c1)OCCO2. The molecule has 1 aliphatic rings. The third-order valence-corrected chi connectivity index (χ3v) is 7.46. The molecule has 0 unspecified atom stereocenters. The van der Waals surface area contributed by atoms with Gasteiger partial charge in [-0.15, -0.1) is 0 Å². The molecule has 0 bridgehead atoms. The van der Waals surface area contributed by atoms with Crippen LogP contribution in [0.3, 0.4) is 0 Å². The molecule has 9 heteroatoms. The quantitative estimate of drug-likeness (QED) is 0.419. The van der Waals surface area contributed by atoms with E-state index in [9.17, 15) is 13.2 Å². The summed E-state index contributed by atoms with van der Waals surface area (Å²) in [4.78, 5) is 13.0. The zero-order valence-electron chi connectivity index (χ0n) is 18.0. The molecule has 34 heavy (non-hydrogen) atoms. The molecule has 1 aromatic heterocycles. The highest BCUT2D eigenvalue weighted by atomic mass is 35.5. The number of nitrogens with one attached hydrogen (secondary N) is 1. The van der Waals surface area contributed by atoms with Gasteiger partial charge in [0.15, 0.2) is 21.3 Å². The van der Waals surface area contributed by atoms with Crippen LogP contribution < -0.4 is 14.8 Å². The fraction of sp³-hybridized carbons (Fsp3) is 0.160. The first-order valence-corrected chi connectivity index (χ1v) is 12.7. The van der Waals surface area contributed by atoms with Gasteiger partial charge in [-0.25, -0.2) is 8.42 Å². The molecule has 5 rings (SSSR count). The minimum atomic E-state index is -3.66. The Kier molecular flexibility index (Phi) is 5.93. The van der Waals surface area contributed by atoms with Gasteiger partial charge in [0.05, 0.1) is 10.6 Å². The van der Waals surface area contributed by atoms with E-state index in [2.05, 4.69) is 5.32 Å². The number of nitrogens with zero attached hydrogens (tertiary/aromatic N) is 1. The van der Waals surface area contributed by atoms with Crippen molar-refractivity contribution in [3.05, 3.63) is 83.5 Å². The zero-order chi connectivity index (χ0) is 23.7. The van der Waals surface area contributed by atoms with Crippen LogP contribution in [0.1, 0.15) is 5.56 Å². The molecular formula is C25H21ClN2O5S. The van der Waals surface area contributed by atoms with Crippen LogP contribution in [-0.2, 0) is 26.9 Å². The van der Waals surface area contributed by atoms with Crippen molar-refractivity contribution < 1.29 is 22.7 Å². The van der Waals surface area contributed by atoms with Crippen LogP contribution in [0.4, 0.5) is 5.69 Å². The largest absolute Gasteiger partial charge is 0.486 e. The number of hydrogen-bond acceptors (Lipinski definition) is 5. The van der Waals surface area contributed by atoms with Gasteiger partial charge in [-0.1, -0.05) is 41.9 Å². The van der Waals surface area contributed by atoms with Gasteiger partial charge in [-0.2, -0.15) is 0 Å². The Labute approximate surface area is 201 Å². The Morgan fingerprint density at radius 1 is 0.971 bits per heavy atom. The molecule has 0 aliphatic carbocycles. The van der Waals surface area contributed by atoms with E-state index in [1.807, 2.05) is 6.07 Å². The third kappa shape index (κ3) is 4.60. The number of halogens is 1. The molecule has 7 nitrogen and oxygen atoms in total. The summed E-state index contributed by atoms with van der Waals surface area (Å²) in [6.45, 7) is 0.890. The molecule has 1 N–H and O–H groups in total. The molecule has 0 fully saturated rings. The van der Waals surface area contributed by atoms with Crippen LogP contribution in [0.5, 0.6) is 11.5 Å². The smallest absolute Gasteiger partial charge is 0.244 e. The second kappa shape index (κ2) is 9.04. The van der Waals surface area contributed by atoms with Crippen LogP contribution in [0, 0.1) is 0 Å². The third-order valence-electron chi connectivity index (χ3n) is 5.50. The molecule has 1 amide bonds. The molecular weight excluding hydrogens is 476 g/mol. The highest BCUT2D eigenvalue weighted by Crippen LogP contribution is 2.33. The van der Waals surface area contributed by atoms with E-state index < -0.39 is 9.84 Å². The predicted molar refractivity (Wildman–Crippen MR) is 130 cm³/mol. The Morgan fingerprint density at radius 2 is 1.71 bits per heavy atom. The van der Waals surface area contributed by atoms with Gasteiger partial charge in [0.2, 0.25) is 5.91 Å². The summed E-state index contributed by atoms with van der Waals surface area (Å²) in [5.74, 6) is 0.753. The second-order valence-electron chi connectivity index (χ2n) is 7.93. The highest BCUT2D eigenvalue weighted by molar-refractivity contribution is 7.90. The minimum absolute atomic E-state index is 0.0502. The minimum Gasteiger partial charge on any atom is -0.486 e. The van der Waals surface area contributed by atoms with Gasteiger partial charge in [0.25, 0.3) is 0 Å². The molecule has 0 radical (unpaired) electrons. The molecule has 0 atom stereocenters. The number of para-hydroxylation sites is 1. The van der Waals surface area contributed by atoms with E-state index in [0.29, 0.717) is 51.9 Å². The Morgan fingerprint density at radius 3 is 2.50 bits per heavy atom. The second-order valence-corrected chi connectivity index (χ2v) is 10.3. The number of fused-ring (bicyclic) bond motifs is 2.